The highest BCUT2D eigenvalue weighted by molar-refractivity contribution is 5.59. The summed E-state index contributed by atoms with van der Waals surface area (Å²) in [6.45, 7) is 7.58. The van der Waals surface area contributed by atoms with Gasteiger partial charge < -0.3 is 24.0 Å². The first-order valence-electron chi connectivity index (χ1n) is 11.2. The molecular formula is C26H29FN4O4. The van der Waals surface area contributed by atoms with E-state index < -0.39 is 18.1 Å². The van der Waals surface area contributed by atoms with Gasteiger partial charge in [-0.3, -0.25) is 0 Å². The summed E-state index contributed by atoms with van der Waals surface area (Å²) in [6.07, 6.45) is 5.54. The maximum Gasteiger partial charge on any atom is 0.243 e. The van der Waals surface area contributed by atoms with E-state index in [9.17, 15) is 9.50 Å². The summed E-state index contributed by atoms with van der Waals surface area (Å²) in [5, 5.41) is 14.0. The Bertz CT molecular complexity index is 1240. The molecule has 0 spiro atoms. The average Bonchev–Trinajstić information content (AvgIpc) is 3.29. The summed E-state index contributed by atoms with van der Waals surface area (Å²) >= 11 is 0. The number of halogens is 1. The topological polar surface area (TPSA) is 81.3 Å². The smallest absolute Gasteiger partial charge is 0.243 e. The van der Waals surface area contributed by atoms with Gasteiger partial charge in [-0.1, -0.05) is 18.2 Å². The van der Waals surface area contributed by atoms with Crippen LogP contribution >= 0.6 is 0 Å². The minimum atomic E-state index is -1.54. The number of aliphatic hydroxyl groups is 1. The molecule has 9 heteroatoms. The van der Waals surface area contributed by atoms with Gasteiger partial charge in [-0.05, 0) is 49.2 Å². The summed E-state index contributed by atoms with van der Waals surface area (Å²) in [6, 6.07) is 10.6. The summed E-state index contributed by atoms with van der Waals surface area (Å²) in [4.78, 5) is 11.6. The van der Waals surface area contributed by atoms with Crippen molar-refractivity contribution in [1.82, 2.24) is 14.5 Å². The molecule has 35 heavy (non-hydrogen) atoms. The average molecular weight is 481 g/mol. The molecule has 4 rings (SSSR count). The number of ether oxygens (including phenoxy) is 2. The van der Waals surface area contributed by atoms with Crippen LogP contribution < -0.4 is 4.74 Å². The van der Waals surface area contributed by atoms with E-state index in [1.54, 1.807) is 37.4 Å². The van der Waals surface area contributed by atoms with E-state index in [1.807, 2.05) is 42.0 Å². The van der Waals surface area contributed by atoms with Crippen LogP contribution in [0, 0.1) is 19.7 Å². The lowest BCUT2D eigenvalue weighted by Crippen LogP contribution is -2.54. The molecule has 1 saturated heterocycles. The zero-order chi connectivity index (χ0) is 25.0. The van der Waals surface area contributed by atoms with Crippen molar-refractivity contribution in [2.24, 2.45) is 5.16 Å². The van der Waals surface area contributed by atoms with Gasteiger partial charge in [0.25, 0.3) is 0 Å². The van der Waals surface area contributed by atoms with E-state index in [2.05, 4.69) is 16.9 Å². The van der Waals surface area contributed by atoms with Crippen LogP contribution in [0.4, 0.5) is 4.39 Å². The molecule has 1 aliphatic rings. The Morgan fingerprint density at radius 3 is 2.77 bits per heavy atom. The Balaban J connectivity index is 1.65. The van der Waals surface area contributed by atoms with E-state index in [4.69, 9.17) is 14.3 Å². The first kappa shape index (κ1) is 24.4. The van der Waals surface area contributed by atoms with Gasteiger partial charge in [-0.2, -0.15) is 0 Å². The Morgan fingerprint density at radius 1 is 1.29 bits per heavy atom. The number of aliphatic hydroxyl groups excluding tert-OH is 1. The first-order chi connectivity index (χ1) is 16.9. The molecule has 0 radical (unpaired) electrons. The molecule has 184 valence electrons. The van der Waals surface area contributed by atoms with Crippen LogP contribution in [0.1, 0.15) is 22.4 Å². The minimum absolute atomic E-state index is 0.181. The number of rotatable bonds is 8. The van der Waals surface area contributed by atoms with Crippen molar-refractivity contribution >= 4 is 12.8 Å². The molecule has 2 heterocycles. The lowest BCUT2D eigenvalue weighted by molar-refractivity contribution is -0.199. The van der Waals surface area contributed by atoms with Crippen molar-refractivity contribution in [3.05, 3.63) is 82.9 Å². The minimum Gasteiger partial charge on any atom is -0.495 e. The fourth-order valence-corrected chi connectivity index (χ4v) is 4.27. The zero-order valence-electron chi connectivity index (χ0n) is 20.1. The lowest BCUT2D eigenvalue weighted by Gasteiger charge is -2.42. The number of nitrogens with zero attached hydrogens (tertiary/aromatic N) is 4. The fraction of sp³-hybridized carbons (Fsp3) is 0.308. The number of hydrogen-bond donors (Lipinski definition) is 1. The number of aromatic nitrogens is 2. The second kappa shape index (κ2) is 10.3. The maximum absolute atomic E-state index is 15.0. The summed E-state index contributed by atoms with van der Waals surface area (Å²) in [5.74, 6) is 0.812. The number of methoxy groups -OCH3 is 1. The second-order valence-corrected chi connectivity index (χ2v) is 8.38. The molecule has 0 amide bonds. The van der Waals surface area contributed by atoms with Crippen LogP contribution in [0.15, 0.2) is 59.8 Å². The third-order valence-electron chi connectivity index (χ3n) is 6.00. The Labute approximate surface area is 203 Å². The second-order valence-electron chi connectivity index (χ2n) is 8.38. The Kier molecular flexibility index (Phi) is 7.18. The molecule has 1 aliphatic heterocycles. The van der Waals surface area contributed by atoms with Crippen LogP contribution in [0.25, 0.3) is 11.8 Å². The van der Waals surface area contributed by atoms with E-state index in [0.717, 1.165) is 22.5 Å². The lowest BCUT2D eigenvalue weighted by atomic mass is 9.98. The molecule has 1 aromatic heterocycles. The van der Waals surface area contributed by atoms with Crippen molar-refractivity contribution < 1.29 is 23.8 Å². The van der Waals surface area contributed by atoms with E-state index >= 15 is 0 Å². The van der Waals surface area contributed by atoms with Crippen LogP contribution in [0.3, 0.4) is 0 Å². The molecular weight excluding hydrogens is 451 g/mol. The third-order valence-corrected chi connectivity index (χ3v) is 6.00. The SMILES string of the molecule is C=NOC(CO)(c1ccc(C)cc1F)N1CCO/C(=C\c2ccc(-n3cnc(C)c3)c(OC)c2)C1. The highest BCUT2D eigenvalue weighted by Crippen LogP contribution is 2.35. The molecule has 1 fully saturated rings. The van der Waals surface area contributed by atoms with Gasteiger partial charge in [-0.15, -0.1) is 5.16 Å². The molecule has 0 saturated carbocycles. The molecule has 2 aromatic carbocycles. The normalized spacial score (nSPS) is 17.0. The Hall–Kier alpha value is -3.69. The van der Waals surface area contributed by atoms with Crippen molar-refractivity contribution in [3.63, 3.8) is 0 Å². The highest BCUT2D eigenvalue weighted by atomic mass is 19.1. The van der Waals surface area contributed by atoms with E-state index in [0.29, 0.717) is 24.7 Å². The first-order valence-corrected chi connectivity index (χ1v) is 11.2. The van der Waals surface area contributed by atoms with Crippen LogP contribution in [-0.4, -0.2) is 59.7 Å². The molecule has 1 N–H and O–H groups in total. The number of imidazole rings is 1. The molecule has 0 bridgehead atoms. The van der Waals surface area contributed by atoms with Crippen molar-refractivity contribution in [1.29, 1.82) is 0 Å². The molecule has 8 nitrogen and oxygen atoms in total. The van der Waals surface area contributed by atoms with Gasteiger partial charge in [0.15, 0.2) is 0 Å². The number of benzene rings is 2. The predicted molar refractivity (Wildman–Crippen MR) is 131 cm³/mol. The summed E-state index contributed by atoms with van der Waals surface area (Å²) < 4.78 is 28.4. The summed E-state index contributed by atoms with van der Waals surface area (Å²) in [7, 11) is 1.61. The molecule has 1 atom stereocenters. The number of oxime groups is 1. The number of aryl methyl sites for hydroxylation is 2. The van der Waals surface area contributed by atoms with Crippen molar-refractivity contribution in [2.75, 3.05) is 33.4 Å². The van der Waals surface area contributed by atoms with Gasteiger partial charge in [0, 0.05) is 19.5 Å². The van der Waals surface area contributed by atoms with E-state index in [1.165, 1.54) is 6.07 Å². The largest absolute Gasteiger partial charge is 0.495 e. The number of morpholine rings is 1. The highest BCUT2D eigenvalue weighted by Gasteiger charge is 2.45. The fourth-order valence-electron chi connectivity index (χ4n) is 4.27. The van der Waals surface area contributed by atoms with Crippen LogP contribution in [0.2, 0.25) is 0 Å². The van der Waals surface area contributed by atoms with Crippen LogP contribution in [-0.2, 0) is 15.3 Å². The zero-order valence-corrected chi connectivity index (χ0v) is 20.1. The van der Waals surface area contributed by atoms with Crippen molar-refractivity contribution in [3.8, 4) is 11.4 Å². The van der Waals surface area contributed by atoms with Crippen LogP contribution in [0.5, 0.6) is 5.75 Å². The quantitative estimate of drug-likeness (QED) is 0.390. The maximum atomic E-state index is 15.0. The number of hydrogen-bond acceptors (Lipinski definition) is 7. The Morgan fingerprint density at radius 2 is 2.11 bits per heavy atom. The van der Waals surface area contributed by atoms with Gasteiger partial charge in [0.05, 0.1) is 36.9 Å². The van der Waals surface area contributed by atoms with E-state index in [-0.39, 0.29) is 12.1 Å². The standard InChI is InChI=1S/C26H29FN4O4/c1-18-5-7-22(23(27)11-18)26(16-32,35-28-3)31-9-10-34-21(15-31)12-20-6-8-24(25(13-20)33-4)30-14-19(2)29-17-30/h5-8,11-14,17,32H,3,9-10,15-16H2,1-2,4H3/b21-12-. The summed E-state index contributed by atoms with van der Waals surface area (Å²) in [5.41, 5.74) is 2.03. The van der Waals surface area contributed by atoms with Gasteiger partial charge in [0.2, 0.25) is 5.72 Å². The van der Waals surface area contributed by atoms with Gasteiger partial charge in [0.1, 0.15) is 30.5 Å². The monoisotopic (exact) mass is 480 g/mol. The molecule has 3 aromatic rings. The molecule has 0 aliphatic carbocycles. The van der Waals surface area contributed by atoms with Crippen molar-refractivity contribution in [2.45, 2.75) is 19.6 Å². The van der Waals surface area contributed by atoms with Gasteiger partial charge >= 0.3 is 0 Å². The third kappa shape index (κ3) is 4.91. The molecule has 1 unspecified atom stereocenters. The predicted octanol–water partition coefficient (Wildman–Crippen LogP) is 3.79. The van der Waals surface area contributed by atoms with Gasteiger partial charge in [-0.25, -0.2) is 14.3 Å².